The predicted molar refractivity (Wildman–Crippen MR) is 199 cm³/mol. The van der Waals surface area contributed by atoms with Crippen LogP contribution in [0, 0.1) is 6.92 Å². The third-order valence-electron chi connectivity index (χ3n) is 9.41. The second kappa shape index (κ2) is 11.0. The van der Waals surface area contributed by atoms with Crippen LogP contribution in [0.3, 0.4) is 0 Å². The monoisotopic (exact) mass is 598 g/mol. The molecule has 0 amide bonds. The molecule has 9 rings (SSSR count). The molecule has 0 spiro atoms. The Morgan fingerprint density at radius 1 is 0.362 bits per heavy atom. The summed E-state index contributed by atoms with van der Waals surface area (Å²) in [7, 11) is 0. The standard InChI is InChI=1S/C45H30N2/c1-29-21-23-39-41(25-29)43(37-19-9-15-30-11-5-7-17-35(30)37)40-24-22-33(34-27-46-45(47-28-34)32-13-3-2-4-14-32)26-42(40)44(39)38-20-10-16-31-12-6-8-18-36(31)38/h2-28H,1H3. The van der Waals surface area contributed by atoms with Gasteiger partial charge in [-0.3, -0.25) is 0 Å². The first-order valence-electron chi connectivity index (χ1n) is 16.1. The van der Waals surface area contributed by atoms with Gasteiger partial charge in [0.2, 0.25) is 0 Å². The van der Waals surface area contributed by atoms with E-state index in [0.29, 0.717) is 0 Å². The Bertz CT molecular complexity index is 2610. The maximum atomic E-state index is 4.77. The predicted octanol–water partition coefficient (Wildman–Crippen LogP) is 12.1. The molecule has 0 unspecified atom stereocenters. The van der Waals surface area contributed by atoms with Crippen molar-refractivity contribution in [3.05, 3.63) is 170 Å². The molecule has 0 radical (unpaired) electrons. The van der Waals surface area contributed by atoms with E-state index in [1.54, 1.807) is 0 Å². The molecule has 0 fully saturated rings. The van der Waals surface area contributed by atoms with Gasteiger partial charge in [0.05, 0.1) is 0 Å². The molecule has 9 aromatic rings. The lowest BCUT2D eigenvalue weighted by Crippen LogP contribution is -1.94. The zero-order valence-electron chi connectivity index (χ0n) is 26.0. The number of rotatable bonds is 4. The van der Waals surface area contributed by atoms with E-state index >= 15 is 0 Å². The lowest BCUT2D eigenvalue weighted by Gasteiger charge is -2.21. The van der Waals surface area contributed by atoms with Crippen LogP contribution >= 0.6 is 0 Å². The van der Waals surface area contributed by atoms with Crippen LogP contribution < -0.4 is 0 Å². The molecule has 1 heterocycles. The molecule has 0 N–H and O–H groups in total. The van der Waals surface area contributed by atoms with Gasteiger partial charge in [0.15, 0.2) is 5.82 Å². The molecule has 0 aliphatic heterocycles. The number of hydrogen-bond donors (Lipinski definition) is 0. The Hall–Kier alpha value is -6.12. The molecule has 220 valence electrons. The number of aryl methyl sites for hydroxylation is 1. The SMILES string of the molecule is Cc1ccc2c(-c3cccc4ccccc34)c3cc(-c4cnc(-c5ccccc5)nc4)ccc3c(-c3cccc4ccccc34)c2c1. The van der Waals surface area contributed by atoms with E-state index in [1.807, 2.05) is 42.7 Å². The van der Waals surface area contributed by atoms with Gasteiger partial charge in [-0.1, -0.05) is 151 Å². The largest absolute Gasteiger partial charge is 0.236 e. The maximum Gasteiger partial charge on any atom is 0.159 e. The highest BCUT2D eigenvalue weighted by atomic mass is 14.9. The molecule has 0 saturated carbocycles. The van der Waals surface area contributed by atoms with E-state index in [9.17, 15) is 0 Å². The highest BCUT2D eigenvalue weighted by Gasteiger charge is 2.20. The molecule has 8 aromatic carbocycles. The van der Waals surface area contributed by atoms with Gasteiger partial charge in [-0.25, -0.2) is 9.97 Å². The van der Waals surface area contributed by atoms with Gasteiger partial charge in [0.25, 0.3) is 0 Å². The van der Waals surface area contributed by atoms with Crippen LogP contribution in [0.2, 0.25) is 0 Å². The van der Waals surface area contributed by atoms with E-state index in [-0.39, 0.29) is 0 Å². The molecule has 2 heteroatoms. The van der Waals surface area contributed by atoms with E-state index < -0.39 is 0 Å². The molecule has 0 saturated heterocycles. The van der Waals surface area contributed by atoms with Crippen molar-refractivity contribution in [2.75, 3.05) is 0 Å². The van der Waals surface area contributed by atoms with Crippen LogP contribution in [0.4, 0.5) is 0 Å². The third-order valence-corrected chi connectivity index (χ3v) is 9.41. The molecular weight excluding hydrogens is 569 g/mol. The van der Waals surface area contributed by atoms with Gasteiger partial charge in [-0.2, -0.15) is 0 Å². The summed E-state index contributed by atoms with van der Waals surface area (Å²) in [6, 6.07) is 54.7. The summed E-state index contributed by atoms with van der Waals surface area (Å²) in [5, 5.41) is 9.93. The lowest BCUT2D eigenvalue weighted by molar-refractivity contribution is 1.18. The van der Waals surface area contributed by atoms with Crippen molar-refractivity contribution in [1.29, 1.82) is 0 Å². The van der Waals surface area contributed by atoms with Crippen LogP contribution in [-0.4, -0.2) is 9.97 Å². The van der Waals surface area contributed by atoms with Crippen molar-refractivity contribution < 1.29 is 0 Å². The summed E-state index contributed by atoms with van der Waals surface area (Å²) >= 11 is 0. The topological polar surface area (TPSA) is 25.8 Å². The fourth-order valence-electron chi connectivity index (χ4n) is 7.20. The lowest BCUT2D eigenvalue weighted by atomic mass is 9.82. The van der Waals surface area contributed by atoms with Gasteiger partial charge < -0.3 is 0 Å². The molecule has 2 nitrogen and oxygen atoms in total. The summed E-state index contributed by atoms with van der Waals surface area (Å²) in [5.41, 5.74) is 9.34. The highest BCUT2D eigenvalue weighted by Crippen LogP contribution is 2.47. The Labute approximate surface area is 273 Å². The Morgan fingerprint density at radius 2 is 0.894 bits per heavy atom. The Kier molecular flexibility index (Phi) is 6.39. The molecule has 0 aliphatic carbocycles. The van der Waals surface area contributed by atoms with E-state index in [1.165, 1.54) is 70.9 Å². The summed E-state index contributed by atoms with van der Waals surface area (Å²) in [6.45, 7) is 2.19. The normalized spacial score (nSPS) is 11.5. The summed E-state index contributed by atoms with van der Waals surface area (Å²) in [5.74, 6) is 0.728. The first-order chi connectivity index (χ1) is 23.2. The molecule has 47 heavy (non-hydrogen) atoms. The first kappa shape index (κ1) is 27.2. The zero-order valence-corrected chi connectivity index (χ0v) is 26.0. The highest BCUT2D eigenvalue weighted by molar-refractivity contribution is 6.25. The van der Waals surface area contributed by atoms with E-state index in [2.05, 4.69) is 128 Å². The van der Waals surface area contributed by atoms with Gasteiger partial charge in [-0.15, -0.1) is 0 Å². The fraction of sp³-hybridized carbons (Fsp3) is 0.0222. The van der Waals surface area contributed by atoms with Crippen LogP contribution in [0.25, 0.3) is 87.9 Å². The summed E-state index contributed by atoms with van der Waals surface area (Å²) in [6.07, 6.45) is 3.90. The second-order valence-corrected chi connectivity index (χ2v) is 12.3. The number of nitrogens with zero attached hydrogens (tertiary/aromatic N) is 2. The number of fused-ring (bicyclic) bond motifs is 4. The van der Waals surface area contributed by atoms with Gasteiger partial charge in [0, 0.05) is 23.5 Å². The van der Waals surface area contributed by atoms with Crippen molar-refractivity contribution in [3.8, 4) is 44.8 Å². The molecule has 0 atom stereocenters. The van der Waals surface area contributed by atoms with E-state index in [4.69, 9.17) is 9.97 Å². The molecular formula is C45H30N2. The minimum atomic E-state index is 0.728. The van der Waals surface area contributed by atoms with Crippen molar-refractivity contribution in [2.24, 2.45) is 0 Å². The van der Waals surface area contributed by atoms with Crippen molar-refractivity contribution in [2.45, 2.75) is 6.92 Å². The van der Waals surface area contributed by atoms with Gasteiger partial charge in [-0.05, 0) is 83.9 Å². The maximum absolute atomic E-state index is 4.77. The van der Waals surface area contributed by atoms with Crippen LogP contribution in [0.5, 0.6) is 0 Å². The number of benzene rings is 8. The summed E-state index contributed by atoms with van der Waals surface area (Å²) in [4.78, 5) is 9.55. The second-order valence-electron chi connectivity index (χ2n) is 12.3. The number of aromatic nitrogens is 2. The van der Waals surface area contributed by atoms with Crippen molar-refractivity contribution >= 4 is 43.1 Å². The third kappa shape index (κ3) is 4.57. The average molecular weight is 599 g/mol. The molecule has 0 aliphatic rings. The van der Waals surface area contributed by atoms with Gasteiger partial charge in [0.1, 0.15) is 0 Å². The number of hydrogen-bond acceptors (Lipinski definition) is 2. The first-order valence-corrected chi connectivity index (χ1v) is 16.1. The summed E-state index contributed by atoms with van der Waals surface area (Å²) < 4.78 is 0. The minimum Gasteiger partial charge on any atom is -0.236 e. The van der Waals surface area contributed by atoms with Crippen molar-refractivity contribution in [3.63, 3.8) is 0 Å². The quantitative estimate of drug-likeness (QED) is 0.188. The Morgan fingerprint density at radius 3 is 1.53 bits per heavy atom. The van der Waals surface area contributed by atoms with Crippen LogP contribution in [0.1, 0.15) is 5.56 Å². The van der Waals surface area contributed by atoms with E-state index in [0.717, 1.165) is 22.5 Å². The zero-order chi connectivity index (χ0) is 31.3. The smallest absolute Gasteiger partial charge is 0.159 e. The van der Waals surface area contributed by atoms with Crippen LogP contribution in [0.15, 0.2) is 164 Å². The molecule has 0 bridgehead atoms. The average Bonchev–Trinajstić information content (AvgIpc) is 3.14. The molecule has 1 aromatic heterocycles. The fourth-order valence-corrected chi connectivity index (χ4v) is 7.20. The van der Waals surface area contributed by atoms with Crippen molar-refractivity contribution in [1.82, 2.24) is 9.97 Å². The van der Waals surface area contributed by atoms with Crippen LogP contribution in [-0.2, 0) is 0 Å². The Balaban J connectivity index is 1.39. The van der Waals surface area contributed by atoms with Gasteiger partial charge >= 0.3 is 0 Å². The minimum absolute atomic E-state index is 0.728.